The fraction of sp³-hybridized carbons (Fsp3) is 0.340. The maximum atomic E-state index is 13.3. The average Bonchev–Trinajstić information content (AvgIpc) is 3.50. The highest BCUT2D eigenvalue weighted by molar-refractivity contribution is 7.89. The van der Waals surface area contributed by atoms with E-state index in [1.165, 1.54) is 0 Å². The highest BCUT2D eigenvalue weighted by atomic mass is 32.2. The first kappa shape index (κ1) is 46.4. The van der Waals surface area contributed by atoms with Crippen molar-refractivity contribution in [3.05, 3.63) is 149 Å². The van der Waals surface area contributed by atoms with Crippen molar-refractivity contribution in [1.29, 1.82) is 0 Å². The fourth-order valence-electron chi connectivity index (χ4n) is 7.74. The van der Waals surface area contributed by atoms with Crippen LogP contribution in [0.2, 0.25) is 0 Å². The number of benzene rings is 4. The van der Waals surface area contributed by atoms with E-state index >= 15 is 0 Å². The quantitative estimate of drug-likeness (QED) is 0.0405. The van der Waals surface area contributed by atoms with E-state index in [4.69, 9.17) is 14.5 Å². The van der Waals surface area contributed by atoms with E-state index in [-0.39, 0.29) is 22.6 Å². The Bertz CT molecular complexity index is 2650. The number of aromatic nitrogens is 2. The monoisotopic (exact) mass is 899 g/mol. The molecule has 340 valence electrons. The molecule has 4 N–H and O–H groups in total. The number of nitrogens with one attached hydrogen (secondary N) is 4. The molecule has 0 unspecified atom stereocenters. The first-order valence-corrected chi connectivity index (χ1v) is 23.4. The highest BCUT2D eigenvalue weighted by Crippen LogP contribution is 2.35. The molecule has 15 heteroatoms. The molecule has 0 bridgehead atoms. The summed E-state index contributed by atoms with van der Waals surface area (Å²) in [5.74, 6) is 2.47. The molecule has 65 heavy (non-hydrogen) atoms. The minimum atomic E-state index is -3.70. The number of aryl methyl sites for hydroxylation is 1. The molecule has 0 saturated heterocycles. The van der Waals surface area contributed by atoms with Crippen LogP contribution in [0.1, 0.15) is 96.9 Å². The zero-order valence-electron chi connectivity index (χ0n) is 37.4. The Labute approximate surface area is 381 Å². The third-order valence-corrected chi connectivity index (χ3v) is 12.8. The first-order chi connectivity index (χ1) is 31.1. The largest absolute Gasteiger partial charge is 0.494 e. The summed E-state index contributed by atoms with van der Waals surface area (Å²) in [6, 6.07) is 26.9. The molecule has 2 aliphatic rings. The van der Waals surface area contributed by atoms with Crippen LogP contribution in [0.15, 0.2) is 114 Å². The predicted molar refractivity (Wildman–Crippen MR) is 250 cm³/mol. The third kappa shape index (κ3) is 12.6. The van der Waals surface area contributed by atoms with Crippen molar-refractivity contribution >= 4 is 39.3 Å². The second-order valence-corrected chi connectivity index (χ2v) is 19.3. The second kappa shape index (κ2) is 20.5. The lowest BCUT2D eigenvalue weighted by atomic mass is 10.1. The lowest BCUT2D eigenvalue weighted by molar-refractivity contribution is -0.122. The predicted octanol–water partition coefficient (Wildman–Crippen LogP) is 8.07. The van der Waals surface area contributed by atoms with E-state index in [9.17, 15) is 22.8 Å². The number of fused-ring (bicyclic) bond motifs is 1. The van der Waals surface area contributed by atoms with Gasteiger partial charge in [-0.05, 0) is 113 Å². The van der Waals surface area contributed by atoms with Gasteiger partial charge in [-0.25, -0.2) is 27.9 Å². The molecule has 7 rings (SSSR count). The summed E-state index contributed by atoms with van der Waals surface area (Å²) in [5.41, 5.74) is 6.00. The lowest BCUT2D eigenvalue weighted by Gasteiger charge is -2.25. The van der Waals surface area contributed by atoms with Crippen LogP contribution in [0.3, 0.4) is 0 Å². The van der Waals surface area contributed by atoms with Crippen molar-refractivity contribution in [3.8, 4) is 11.5 Å². The molecular formula is C50H57N7O7S. The van der Waals surface area contributed by atoms with E-state index in [1.54, 1.807) is 62.2 Å². The number of urea groups is 1. The standard InChI is InChI=1S/C50H57N7O7S/c1-33-10-6-14-43(44(58)26-33)57-31-42-41(48(57)59)13-8-15-45(42)64-32-37-18-16-36(17-19-37)30-53-49(60)51-24-9-25-63-39-22-20-35(21-23-39)27-46-52-29-34(2)47(55-46)54-38-11-7-12-40(28-38)65(61,62)56-50(3,4)5/h7-8,11-13,15-23,28-29,43,56H,1,6,9-10,14,24-27,30-32H2,2-5H3,(H2,51,53,60)(H,52,54,55)/t43-/m0/s1. The topological polar surface area (TPSA) is 181 Å². The van der Waals surface area contributed by atoms with Crippen LogP contribution >= 0.6 is 0 Å². The van der Waals surface area contributed by atoms with Gasteiger partial charge in [0.1, 0.15) is 29.7 Å². The summed E-state index contributed by atoms with van der Waals surface area (Å²) in [7, 11) is -3.70. The molecule has 1 aliphatic heterocycles. The number of sulfonamides is 1. The van der Waals surface area contributed by atoms with Crippen LogP contribution in [-0.4, -0.2) is 65.7 Å². The SMILES string of the molecule is C=C1CCC[C@H](N2Cc3c(OCc4ccc(CNC(=O)NCCCOc5ccc(Cc6ncc(C)c(Nc7cccc(S(=O)(=O)NC(C)(C)C)c7)n6)cc5)cc4)cccc3C2=O)C(=O)C1. The zero-order valence-corrected chi connectivity index (χ0v) is 38.2. The van der Waals surface area contributed by atoms with Gasteiger partial charge in [0, 0.05) is 60.0 Å². The number of ether oxygens (including phenoxy) is 2. The number of amides is 3. The number of Topliss-reactive ketones (excluding diaryl/α,β-unsaturated/α-hetero) is 1. The maximum absolute atomic E-state index is 13.3. The van der Waals surface area contributed by atoms with E-state index in [2.05, 4.69) is 32.2 Å². The van der Waals surface area contributed by atoms with Gasteiger partial charge in [0.05, 0.1) is 24.1 Å². The van der Waals surface area contributed by atoms with Crippen molar-refractivity contribution < 1.29 is 32.3 Å². The van der Waals surface area contributed by atoms with Gasteiger partial charge in [0.2, 0.25) is 10.0 Å². The van der Waals surface area contributed by atoms with Crippen molar-refractivity contribution in [2.75, 3.05) is 18.5 Å². The second-order valence-electron chi connectivity index (χ2n) is 17.6. The van der Waals surface area contributed by atoms with Crippen LogP contribution in [0.4, 0.5) is 16.3 Å². The van der Waals surface area contributed by atoms with Gasteiger partial charge in [0.15, 0.2) is 5.78 Å². The van der Waals surface area contributed by atoms with Crippen molar-refractivity contribution in [2.45, 2.75) is 102 Å². The Hall–Kier alpha value is -6.58. The number of ketones is 1. The molecule has 1 aliphatic carbocycles. The summed E-state index contributed by atoms with van der Waals surface area (Å²) in [6.45, 7) is 13.2. The van der Waals surface area contributed by atoms with Crippen LogP contribution in [0, 0.1) is 6.92 Å². The number of hydrogen-bond acceptors (Lipinski definition) is 10. The number of nitrogens with zero attached hydrogens (tertiary/aromatic N) is 3. The first-order valence-electron chi connectivity index (χ1n) is 21.9. The summed E-state index contributed by atoms with van der Waals surface area (Å²) >= 11 is 0. The molecule has 1 atom stereocenters. The van der Waals surface area contributed by atoms with Crippen molar-refractivity contribution in [1.82, 2.24) is 30.2 Å². The normalized spacial score (nSPS) is 15.3. The molecule has 3 amide bonds. The maximum Gasteiger partial charge on any atom is 0.315 e. The van der Waals surface area contributed by atoms with E-state index in [1.807, 2.05) is 67.6 Å². The van der Waals surface area contributed by atoms with Crippen LogP contribution < -0.4 is 30.1 Å². The van der Waals surface area contributed by atoms with Gasteiger partial charge in [0.25, 0.3) is 5.91 Å². The van der Waals surface area contributed by atoms with E-state index in [0.29, 0.717) is 92.9 Å². The smallest absolute Gasteiger partial charge is 0.315 e. The molecular weight excluding hydrogens is 843 g/mol. The van der Waals surface area contributed by atoms with Gasteiger partial charge < -0.3 is 30.3 Å². The Morgan fingerprint density at radius 2 is 1.66 bits per heavy atom. The Balaban J connectivity index is 0.798. The molecule has 14 nitrogen and oxygen atoms in total. The number of allylic oxidation sites excluding steroid dienone is 1. The molecule has 0 radical (unpaired) electrons. The number of carbonyl (C=O) groups is 3. The van der Waals surface area contributed by atoms with Crippen molar-refractivity contribution in [2.24, 2.45) is 0 Å². The molecule has 1 aromatic heterocycles. The van der Waals surface area contributed by atoms with Crippen LogP contribution in [0.25, 0.3) is 0 Å². The summed E-state index contributed by atoms with van der Waals surface area (Å²) in [6.07, 6.45) is 5.47. The molecule has 4 aromatic carbocycles. The van der Waals surface area contributed by atoms with Gasteiger partial charge in [-0.3, -0.25) is 9.59 Å². The van der Waals surface area contributed by atoms with E-state index < -0.39 is 21.6 Å². The number of rotatable bonds is 17. The van der Waals surface area contributed by atoms with Gasteiger partial charge in [-0.1, -0.05) is 60.7 Å². The molecule has 1 fully saturated rings. The number of carbonyl (C=O) groups excluding carboxylic acids is 3. The third-order valence-electron chi connectivity index (χ3n) is 11.0. The number of anilines is 2. The van der Waals surface area contributed by atoms with Crippen molar-refractivity contribution in [3.63, 3.8) is 0 Å². The van der Waals surface area contributed by atoms with E-state index in [0.717, 1.165) is 46.2 Å². The minimum absolute atomic E-state index is 0.0553. The fourth-order valence-corrected chi connectivity index (χ4v) is 9.20. The zero-order chi connectivity index (χ0) is 46.1. The molecule has 2 heterocycles. The summed E-state index contributed by atoms with van der Waals surface area (Å²) in [5, 5.41) is 9.01. The minimum Gasteiger partial charge on any atom is -0.494 e. The summed E-state index contributed by atoms with van der Waals surface area (Å²) < 4.78 is 40.5. The van der Waals surface area contributed by atoms with Crippen LogP contribution in [0.5, 0.6) is 11.5 Å². The van der Waals surface area contributed by atoms with Gasteiger partial charge in [-0.2, -0.15) is 0 Å². The Kier molecular flexibility index (Phi) is 14.6. The molecule has 5 aromatic rings. The van der Waals surface area contributed by atoms with Crippen LogP contribution in [-0.2, 0) is 40.9 Å². The Morgan fingerprint density at radius 1 is 0.923 bits per heavy atom. The Morgan fingerprint density at radius 3 is 2.43 bits per heavy atom. The number of hydrogen-bond donors (Lipinski definition) is 4. The highest BCUT2D eigenvalue weighted by Gasteiger charge is 2.38. The van der Waals surface area contributed by atoms with Gasteiger partial charge in [-0.15, -0.1) is 0 Å². The molecule has 0 spiro atoms. The average molecular weight is 900 g/mol. The summed E-state index contributed by atoms with van der Waals surface area (Å²) in [4.78, 5) is 49.8. The lowest BCUT2D eigenvalue weighted by Crippen LogP contribution is -2.40. The molecule has 1 saturated carbocycles. The van der Waals surface area contributed by atoms with Gasteiger partial charge >= 0.3 is 6.03 Å².